The van der Waals surface area contributed by atoms with E-state index < -0.39 is 29.2 Å². The molecule has 1 amide bonds. The third-order valence-corrected chi connectivity index (χ3v) is 5.01. The van der Waals surface area contributed by atoms with Gasteiger partial charge in [-0.25, -0.2) is 4.39 Å². The Morgan fingerprint density at radius 3 is 2.83 bits per heavy atom. The highest BCUT2D eigenvalue weighted by atomic mass is 19.1. The van der Waals surface area contributed by atoms with Crippen LogP contribution in [0.4, 0.5) is 4.39 Å². The lowest BCUT2D eigenvalue weighted by Crippen LogP contribution is -2.55. The van der Waals surface area contributed by atoms with Gasteiger partial charge in [0.1, 0.15) is 11.4 Å². The van der Waals surface area contributed by atoms with E-state index in [1.165, 1.54) is 18.2 Å². The summed E-state index contributed by atoms with van der Waals surface area (Å²) in [5.74, 6) is -2.28. The number of hydrogen-bond acceptors (Lipinski definition) is 3. The second-order valence-electron chi connectivity index (χ2n) is 6.70. The first-order valence-electron chi connectivity index (χ1n) is 8.06. The van der Waals surface area contributed by atoms with Gasteiger partial charge in [0.15, 0.2) is 5.76 Å². The van der Waals surface area contributed by atoms with Gasteiger partial charge < -0.3 is 14.8 Å². The number of furan rings is 1. The first-order valence-corrected chi connectivity index (χ1v) is 8.06. The van der Waals surface area contributed by atoms with Crippen molar-refractivity contribution < 1.29 is 23.5 Å². The summed E-state index contributed by atoms with van der Waals surface area (Å²) in [7, 11) is 0. The minimum Gasteiger partial charge on any atom is -0.481 e. The molecule has 1 aliphatic carbocycles. The number of carbonyl (C=O) groups excluding carboxylic acids is 1. The highest BCUT2D eigenvalue weighted by Gasteiger charge is 2.42. The van der Waals surface area contributed by atoms with Crippen LogP contribution in [-0.4, -0.2) is 22.5 Å². The van der Waals surface area contributed by atoms with Crippen LogP contribution in [0.3, 0.4) is 0 Å². The predicted octanol–water partition coefficient (Wildman–Crippen LogP) is 3.64. The molecule has 1 aromatic carbocycles. The van der Waals surface area contributed by atoms with Crippen molar-refractivity contribution in [1.82, 2.24) is 5.32 Å². The number of fused-ring (bicyclic) bond motifs is 1. The lowest BCUT2D eigenvalue weighted by atomic mass is 9.74. The first kappa shape index (κ1) is 16.5. The molecule has 0 bridgehead atoms. The number of carboxylic acids is 1. The molecule has 3 rings (SSSR count). The second kappa shape index (κ2) is 5.92. The van der Waals surface area contributed by atoms with Crippen molar-refractivity contribution in [2.75, 3.05) is 0 Å². The summed E-state index contributed by atoms with van der Waals surface area (Å²) in [6, 6.07) is 4.08. The smallest absolute Gasteiger partial charge is 0.308 e. The van der Waals surface area contributed by atoms with Gasteiger partial charge in [0.2, 0.25) is 0 Å². The van der Waals surface area contributed by atoms with E-state index in [1.807, 2.05) is 0 Å². The van der Waals surface area contributed by atoms with E-state index in [0.29, 0.717) is 29.4 Å². The Morgan fingerprint density at radius 2 is 2.12 bits per heavy atom. The van der Waals surface area contributed by atoms with Crippen molar-refractivity contribution in [2.45, 2.75) is 45.1 Å². The van der Waals surface area contributed by atoms with Crippen LogP contribution in [0, 0.1) is 18.7 Å². The molecule has 2 unspecified atom stereocenters. The van der Waals surface area contributed by atoms with Crippen molar-refractivity contribution in [3.05, 3.63) is 35.3 Å². The molecule has 5 nitrogen and oxygen atoms in total. The van der Waals surface area contributed by atoms with Gasteiger partial charge in [-0.3, -0.25) is 9.59 Å². The van der Waals surface area contributed by atoms with Crippen LogP contribution in [0.1, 0.15) is 48.7 Å². The van der Waals surface area contributed by atoms with Crippen molar-refractivity contribution in [3.8, 4) is 0 Å². The maximum absolute atomic E-state index is 13.4. The third kappa shape index (κ3) is 2.77. The Balaban J connectivity index is 1.92. The summed E-state index contributed by atoms with van der Waals surface area (Å²) in [5.41, 5.74) is 0.161. The average Bonchev–Trinajstić information content (AvgIpc) is 2.84. The molecule has 1 aliphatic rings. The Kier molecular flexibility index (Phi) is 4.07. The quantitative estimate of drug-likeness (QED) is 0.898. The summed E-state index contributed by atoms with van der Waals surface area (Å²) in [4.78, 5) is 24.2. The van der Waals surface area contributed by atoms with Gasteiger partial charge in [0.05, 0.1) is 11.5 Å². The highest BCUT2D eigenvalue weighted by Crippen LogP contribution is 2.35. The van der Waals surface area contributed by atoms with Crippen LogP contribution in [0.5, 0.6) is 0 Å². The highest BCUT2D eigenvalue weighted by molar-refractivity contribution is 5.99. The van der Waals surface area contributed by atoms with Gasteiger partial charge in [0, 0.05) is 10.9 Å². The molecule has 0 aliphatic heterocycles. The summed E-state index contributed by atoms with van der Waals surface area (Å²) < 4.78 is 19.0. The van der Waals surface area contributed by atoms with Gasteiger partial charge in [-0.1, -0.05) is 12.8 Å². The number of halogens is 1. The first-order chi connectivity index (χ1) is 11.3. The number of aryl methyl sites for hydroxylation is 1. The number of amides is 1. The number of rotatable bonds is 3. The molecule has 2 atom stereocenters. The fraction of sp³-hybridized carbons (Fsp3) is 0.444. The number of carbonyl (C=O) groups is 2. The largest absolute Gasteiger partial charge is 0.481 e. The predicted molar refractivity (Wildman–Crippen MR) is 86.4 cm³/mol. The monoisotopic (exact) mass is 333 g/mol. The lowest BCUT2D eigenvalue weighted by Gasteiger charge is -2.39. The van der Waals surface area contributed by atoms with Crippen LogP contribution in [0.15, 0.2) is 22.6 Å². The van der Waals surface area contributed by atoms with Crippen molar-refractivity contribution in [1.29, 1.82) is 0 Å². The van der Waals surface area contributed by atoms with E-state index in [-0.39, 0.29) is 5.76 Å². The molecule has 0 radical (unpaired) electrons. The second-order valence-corrected chi connectivity index (χ2v) is 6.70. The van der Waals surface area contributed by atoms with Gasteiger partial charge in [0.25, 0.3) is 5.91 Å². The van der Waals surface area contributed by atoms with Gasteiger partial charge >= 0.3 is 5.97 Å². The van der Waals surface area contributed by atoms with Crippen molar-refractivity contribution in [2.24, 2.45) is 5.92 Å². The molecular formula is C18H20FNO4. The number of benzene rings is 1. The van der Waals surface area contributed by atoms with E-state index in [4.69, 9.17) is 4.42 Å². The van der Waals surface area contributed by atoms with Gasteiger partial charge in [-0.15, -0.1) is 0 Å². The standard InChI is InChI=1S/C18H20FNO4/c1-10-12-9-11(19)6-7-14(12)24-15(10)16(21)20-18(2)8-4-3-5-13(18)17(22)23/h6-7,9,13H,3-5,8H2,1-2H3,(H,20,21)(H,22,23). The molecule has 1 saturated carbocycles. The molecule has 1 fully saturated rings. The Hall–Kier alpha value is -2.37. The molecule has 1 heterocycles. The van der Waals surface area contributed by atoms with Crippen LogP contribution in [-0.2, 0) is 4.79 Å². The number of aliphatic carboxylic acids is 1. The van der Waals surface area contributed by atoms with E-state index in [9.17, 15) is 19.1 Å². The number of carboxylic acid groups (broad SMARTS) is 1. The zero-order chi connectivity index (χ0) is 17.5. The van der Waals surface area contributed by atoms with Crippen molar-refractivity contribution in [3.63, 3.8) is 0 Å². The number of nitrogens with one attached hydrogen (secondary N) is 1. The van der Waals surface area contributed by atoms with Crippen LogP contribution >= 0.6 is 0 Å². The summed E-state index contributed by atoms with van der Waals surface area (Å²) in [5, 5.41) is 12.8. The molecular weight excluding hydrogens is 313 g/mol. The molecule has 0 saturated heterocycles. The minimum absolute atomic E-state index is 0.103. The van der Waals surface area contributed by atoms with E-state index >= 15 is 0 Å². The van der Waals surface area contributed by atoms with Crippen LogP contribution in [0.2, 0.25) is 0 Å². The Morgan fingerprint density at radius 1 is 1.38 bits per heavy atom. The normalized spacial score (nSPS) is 24.0. The molecule has 2 aromatic rings. The van der Waals surface area contributed by atoms with Crippen molar-refractivity contribution >= 4 is 22.8 Å². The fourth-order valence-electron chi connectivity index (χ4n) is 3.60. The molecule has 6 heteroatoms. The molecule has 2 N–H and O–H groups in total. The lowest BCUT2D eigenvalue weighted by molar-refractivity contribution is -0.145. The molecule has 1 aromatic heterocycles. The zero-order valence-corrected chi connectivity index (χ0v) is 13.7. The maximum atomic E-state index is 13.4. The van der Waals surface area contributed by atoms with Gasteiger partial charge in [-0.05, 0) is 44.9 Å². The minimum atomic E-state index is -0.902. The Bertz CT molecular complexity index is 813. The maximum Gasteiger partial charge on any atom is 0.308 e. The SMILES string of the molecule is Cc1c(C(=O)NC2(C)CCCCC2C(=O)O)oc2ccc(F)cc12. The van der Waals surface area contributed by atoms with Gasteiger partial charge in [-0.2, -0.15) is 0 Å². The third-order valence-electron chi connectivity index (χ3n) is 5.01. The fourth-order valence-corrected chi connectivity index (χ4v) is 3.60. The van der Waals surface area contributed by atoms with Crippen LogP contribution in [0.25, 0.3) is 11.0 Å². The molecule has 24 heavy (non-hydrogen) atoms. The van der Waals surface area contributed by atoms with E-state index in [1.54, 1.807) is 13.8 Å². The summed E-state index contributed by atoms with van der Waals surface area (Å²) in [6.45, 7) is 3.46. The summed E-state index contributed by atoms with van der Waals surface area (Å²) in [6.07, 6.45) is 2.84. The molecule has 0 spiro atoms. The number of hydrogen-bond donors (Lipinski definition) is 2. The zero-order valence-electron chi connectivity index (χ0n) is 13.7. The topological polar surface area (TPSA) is 79.5 Å². The van der Waals surface area contributed by atoms with E-state index in [0.717, 1.165) is 12.8 Å². The average molecular weight is 333 g/mol. The Labute approximate surface area is 138 Å². The summed E-state index contributed by atoms with van der Waals surface area (Å²) >= 11 is 0. The molecule has 128 valence electrons. The van der Waals surface area contributed by atoms with Crippen LogP contribution < -0.4 is 5.32 Å². The van der Waals surface area contributed by atoms with E-state index in [2.05, 4.69) is 5.32 Å².